The quantitative estimate of drug-likeness (QED) is 0.578. The molecule has 0 radical (unpaired) electrons. The van der Waals surface area contributed by atoms with Gasteiger partial charge in [-0.1, -0.05) is 0 Å². The SMILES string of the molecule is COC(=O)C[CH](C)[Sn]([CH3])([CH3])[CH3]. The Hall–Kier alpha value is 0.269. The van der Waals surface area contributed by atoms with E-state index in [1.54, 1.807) is 0 Å². The summed E-state index contributed by atoms with van der Waals surface area (Å²) in [4.78, 5) is 17.9. The normalized spacial score (nSPS) is 14.3. The van der Waals surface area contributed by atoms with E-state index in [0.717, 1.165) is 0 Å². The Morgan fingerprint density at radius 2 is 1.91 bits per heavy atom. The van der Waals surface area contributed by atoms with E-state index in [4.69, 9.17) is 0 Å². The minimum atomic E-state index is -1.82. The van der Waals surface area contributed by atoms with Crippen molar-refractivity contribution < 1.29 is 9.53 Å². The molecule has 2 nitrogen and oxygen atoms in total. The van der Waals surface area contributed by atoms with Crippen molar-refractivity contribution in [3.8, 4) is 0 Å². The predicted molar refractivity (Wildman–Crippen MR) is 49.4 cm³/mol. The van der Waals surface area contributed by atoms with Crippen LogP contribution in [0.4, 0.5) is 0 Å². The fraction of sp³-hybridized carbons (Fsp3) is 0.875. The maximum absolute atomic E-state index is 10.9. The second kappa shape index (κ2) is 4.33. The van der Waals surface area contributed by atoms with Gasteiger partial charge in [0.25, 0.3) is 0 Å². The van der Waals surface area contributed by atoms with Crippen molar-refractivity contribution in [3.05, 3.63) is 0 Å². The third-order valence-corrected chi connectivity index (χ3v) is 11.2. The number of methoxy groups -OCH3 is 1. The molecule has 0 aliphatic carbocycles. The summed E-state index contributed by atoms with van der Waals surface area (Å²) in [6.07, 6.45) is 0.607. The van der Waals surface area contributed by atoms with Crippen LogP contribution >= 0.6 is 0 Å². The van der Waals surface area contributed by atoms with Crippen LogP contribution in [0.5, 0.6) is 0 Å². The zero-order chi connectivity index (χ0) is 9.07. The Bertz CT molecular complexity index is 138. The average Bonchev–Trinajstić information content (AvgIpc) is 1.85. The number of carbonyl (C=O) groups excluding carboxylic acids is 1. The van der Waals surface area contributed by atoms with Crippen molar-refractivity contribution in [2.45, 2.75) is 32.1 Å². The summed E-state index contributed by atoms with van der Waals surface area (Å²) in [6, 6.07) is 0. The van der Waals surface area contributed by atoms with E-state index in [-0.39, 0.29) is 5.97 Å². The first-order valence-electron chi connectivity index (χ1n) is 3.94. The van der Waals surface area contributed by atoms with Gasteiger partial charge in [-0.25, -0.2) is 0 Å². The minimum absolute atomic E-state index is 0.0656. The van der Waals surface area contributed by atoms with E-state index in [9.17, 15) is 4.79 Å². The molecule has 0 aliphatic rings. The number of hydrogen-bond donors (Lipinski definition) is 0. The fourth-order valence-electron chi connectivity index (χ4n) is 0.640. The summed E-state index contributed by atoms with van der Waals surface area (Å²) in [5.41, 5.74) is 0. The van der Waals surface area contributed by atoms with Crippen LogP contribution in [0.15, 0.2) is 0 Å². The van der Waals surface area contributed by atoms with Gasteiger partial charge in [-0.3, -0.25) is 0 Å². The van der Waals surface area contributed by atoms with Crippen molar-refractivity contribution in [1.82, 2.24) is 0 Å². The molecule has 0 N–H and O–H groups in total. The molecule has 0 rings (SSSR count). The molecule has 3 heteroatoms. The molecule has 0 aromatic carbocycles. The Morgan fingerprint density at radius 1 is 1.45 bits per heavy atom. The van der Waals surface area contributed by atoms with Crippen molar-refractivity contribution in [1.29, 1.82) is 0 Å². The van der Waals surface area contributed by atoms with E-state index in [2.05, 4.69) is 26.5 Å². The van der Waals surface area contributed by atoms with Gasteiger partial charge in [0.2, 0.25) is 0 Å². The van der Waals surface area contributed by atoms with E-state index in [1.807, 2.05) is 0 Å². The van der Waals surface area contributed by atoms with Crippen molar-refractivity contribution in [3.63, 3.8) is 0 Å². The zero-order valence-corrected chi connectivity index (χ0v) is 11.0. The molecule has 0 fully saturated rings. The van der Waals surface area contributed by atoms with E-state index in [1.165, 1.54) is 7.11 Å². The van der Waals surface area contributed by atoms with Gasteiger partial charge >= 0.3 is 73.1 Å². The second-order valence-electron chi connectivity index (χ2n) is 4.05. The summed E-state index contributed by atoms with van der Waals surface area (Å²) >= 11 is -1.82. The summed E-state index contributed by atoms with van der Waals surface area (Å²) < 4.78 is 5.19. The Balaban J connectivity index is 3.87. The molecule has 0 aromatic rings. The molecule has 0 saturated heterocycles. The third kappa shape index (κ3) is 4.66. The van der Waals surface area contributed by atoms with Crippen molar-refractivity contribution >= 4 is 24.3 Å². The predicted octanol–water partition coefficient (Wildman–Crippen LogP) is 2.28. The van der Waals surface area contributed by atoms with Gasteiger partial charge in [-0.15, -0.1) is 0 Å². The molecular weight excluding hydrogens is 247 g/mol. The van der Waals surface area contributed by atoms with Gasteiger partial charge in [0.15, 0.2) is 0 Å². The monoisotopic (exact) mass is 266 g/mol. The second-order valence-corrected chi connectivity index (χ2v) is 20.4. The van der Waals surface area contributed by atoms with Crippen molar-refractivity contribution in [2.24, 2.45) is 0 Å². The molecule has 0 spiro atoms. The molecule has 0 amide bonds. The standard InChI is InChI=1S/C5H9O2.3CH3.Sn/c1-3-4-5(6)7-2;;;;/h3H,4H2,1-2H3;3*1H3;. The van der Waals surface area contributed by atoms with Gasteiger partial charge in [0, 0.05) is 0 Å². The van der Waals surface area contributed by atoms with Crippen LogP contribution in [0.3, 0.4) is 0 Å². The van der Waals surface area contributed by atoms with E-state index >= 15 is 0 Å². The number of hydrogen-bond acceptors (Lipinski definition) is 2. The topological polar surface area (TPSA) is 26.3 Å². The van der Waals surface area contributed by atoms with Gasteiger partial charge in [0.1, 0.15) is 0 Å². The molecule has 66 valence electrons. The van der Waals surface area contributed by atoms with Gasteiger partial charge in [-0.05, 0) is 0 Å². The van der Waals surface area contributed by atoms with Crippen LogP contribution in [-0.4, -0.2) is 31.5 Å². The first kappa shape index (κ1) is 11.3. The first-order valence-corrected chi connectivity index (χ1v) is 14.2. The van der Waals surface area contributed by atoms with Crippen LogP contribution in [0.2, 0.25) is 18.8 Å². The number of rotatable bonds is 3. The molecular formula is C8H18O2Sn. The molecule has 11 heavy (non-hydrogen) atoms. The van der Waals surface area contributed by atoms with Crippen LogP contribution in [0.1, 0.15) is 13.3 Å². The number of esters is 1. The molecule has 0 aromatic heterocycles. The average molecular weight is 265 g/mol. The van der Waals surface area contributed by atoms with Crippen LogP contribution in [-0.2, 0) is 9.53 Å². The fourth-order valence-corrected chi connectivity index (χ4v) is 2.86. The summed E-state index contributed by atoms with van der Waals surface area (Å²) in [5.74, 6) is -0.0656. The van der Waals surface area contributed by atoms with Gasteiger partial charge < -0.3 is 0 Å². The van der Waals surface area contributed by atoms with Crippen LogP contribution < -0.4 is 0 Å². The third-order valence-electron chi connectivity index (χ3n) is 2.18. The maximum atomic E-state index is 10.9. The van der Waals surface area contributed by atoms with Gasteiger partial charge in [0.05, 0.1) is 0 Å². The van der Waals surface area contributed by atoms with E-state index in [0.29, 0.717) is 10.4 Å². The van der Waals surface area contributed by atoms with Crippen molar-refractivity contribution in [2.75, 3.05) is 7.11 Å². The molecule has 0 aliphatic heterocycles. The first-order chi connectivity index (χ1) is 4.88. The molecule has 1 atom stereocenters. The van der Waals surface area contributed by atoms with E-state index < -0.39 is 18.4 Å². The zero-order valence-electron chi connectivity index (χ0n) is 8.10. The summed E-state index contributed by atoms with van der Waals surface area (Å²) in [5, 5.41) is 0. The van der Waals surface area contributed by atoms with Crippen LogP contribution in [0, 0.1) is 0 Å². The number of ether oxygens (including phenoxy) is 1. The molecule has 0 bridgehead atoms. The molecule has 1 unspecified atom stereocenters. The van der Waals surface area contributed by atoms with Gasteiger partial charge in [-0.2, -0.15) is 0 Å². The Labute approximate surface area is 73.2 Å². The van der Waals surface area contributed by atoms with Crippen LogP contribution in [0.25, 0.3) is 0 Å². The Morgan fingerprint density at radius 3 is 2.18 bits per heavy atom. The number of carbonyl (C=O) groups is 1. The molecule has 0 heterocycles. The summed E-state index contributed by atoms with van der Waals surface area (Å²) in [6.45, 7) is 2.16. The Kier molecular flexibility index (Phi) is 4.44. The summed E-state index contributed by atoms with van der Waals surface area (Å²) in [7, 11) is 1.45. The molecule has 0 saturated carbocycles.